The monoisotopic (exact) mass is 274 g/mol. The number of rotatable bonds is 3. The summed E-state index contributed by atoms with van der Waals surface area (Å²) in [5.74, 6) is -0.280. The second-order valence-corrected chi connectivity index (χ2v) is 4.66. The maximum absolute atomic E-state index is 13.2. The normalized spacial score (nSPS) is 11.7. The Labute approximate surface area is 116 Å². The molecule has 0 saturated carbocycles. The van der Waals surface area contributed by atoms with Crippen molar-refractivity contribution in [1.82, 2.24) is 0 Å². The molecule has 0 amide bonds. The summed E-state index contributed by atoms with van der Waals surface area (Å²) in [5, 5.41) is 12.8. The number of halogens is 2. The van der Waals surface area contributed by atoms with E-state index in [1.165, 1.54) is 12.1 Å². The molecule has 0 aliphatic rings. The summed E-state index contributed by atoms with van der Waals surface area (Å²) in [6.45, 7) is 1.90. The molecule has 2 nitrogen and oxygen atoms in total. The van der Waals surface area contributed by atoms with Gasteiger partial charge in [0.1, 0.15) is 11.9 Å². The van der Waals surface area contributed by atoms with Gasteiger partial charge in [-0.3, -0.25) is 0 Å². The van der Waals surface area contributed by atoms with Crippen LogP contribution in [0.2, 0.25) is 5.02 Å². The molecule has 0 saturated heterocycles. The minimum absolute atomic E-state index is 0.124. The zero-order valence-electron chi connectivity index (χ0n) is 10.3. The van der Waals surface area contributed by atoms with Crippen molar-refractivity contribution in [3.05, 3.63) is 64.4 Å². The van der Waals surface area contributed by atoms with E-state index in [1.54, 1.807) is 24.3 Å². The fourth-order valence-corrected chi connectivity index (χ4v) is 2.00. The van der Waals surface area contributed by atoms with Gasteiger partial charge in [-0.2, -0.15) is 5.26 Å². The summed E-state index contributed by atoms with van der Waals surface area (Å²) < 4.78 is 13.2. The highest BCUT2D eigenvalue weighted by atomic mass is 35.5. The molecule has 0 aromatic heterocycles. The van der Waals surface area contributed by atoms with Crippen molar-refractivity contribution in [2.75, 3.05) is 5.32 Å². The third-order valence-corrected chi connectivity index (χ3v) is 3.06. The Morgan fingerprint density at radius 1 is 1.26 bits per heavy atom. The molecule has 96 valence electrons. The van der Waals surface area contributed by atoms with Gasteiger partial charge in [0, 0.05) is 11.1 Å². The first-order valence-corrected chi connectivity index (χ1v) is 6.19. The summed E-state index contributed by atoms with van der Waals surface area (Å²) in [4.78, 5) is 0. The number of benzene rings is 2. The fourth-order valence-electron chi connectivity index (χ4n) is 1.83. The van der Waals surface area contributed by atoms with Gasteiger partial charge in [-0.25, -0.2) is 4.39 Å². The van der Waals surface area contributed by atoms with E-state index in [2.05, 4.69) is 11.4 Å². The number of nitrogens with zero attached hydrogens (tertiary/aromatic N) is 1. The van der Waals surface area contributed by atoms with Crippen molar-refractivity contribution in [2.45, 2.75) is 13.0 Å². The van der Waals surface area contributed by atoms with Crippen molar-refractivity contribution in [3.63, 3.8) is 0 Å². The molecule has 1 unspecified atom stereocenters. The van der Waals surface area contributed by atoms with Crippen LogP contribution in [0.4, 0.5) is 10.1 Å². The first kappa shape index (κ1) is 13.4. The predicted molar refractivity (Wildman–Crippen MR) is 74.6 cm³/mol. The zero-order chi connectivity index (χ0) is 13.8. The quantitative estimate of drug-likeness (QED) is 0.893. The Balaban J connectivity index is 2.26. The first-order chi connectivity index (χ1) is 9.10. The Bertz CT molecular complexity index is 634. The lowest BCUT2D eigenvalue weighted by Gasteiger charge is -2.17. The molecule has 1 N–H and O–H groups in total. The first-order valence-electron chi connectivity index (χ1n) is 5.82. The Hall–Kier alpha value is -2.05. The third-order valence-electron chi connectivity index (χ3n) is 2.82. The van der Waals surface area contributed by atoms with Gasteiger partial charge in [0.05, 0.1) is 11.3 Å². The smallest absolute Gasteiger partial charge is 0.123 e. The van der Waals surface area contributed by atoms with Crippen LogP contribution in [0.15, 0.2) is 42.5 Å². The van der Waals surface area contributed by atoms with Crippen LogP contribution in [0.5, 0.6) is 0 Å². The third kappa shape index (κ3) is 3.24. The molecule has 0 aliphatic heterocycles. The van der Waals surface area contributed by atoms with Crippen molar-refractivity contribution in [1.29, 1.82) is 5.26 Å². The molecule has 0 spiro atoms. The Morgan fingerprint density at radius 2 is 2.05 bits per heavy atom. The summed E-state index contributed by atoms with van der Waals surface area (Å²) in [6, 6.07) is 13.3. The van der Waals surface area contributed by atoms with Crippen LogP contribution in [-0.4, -0.2) is 0 Å². The fraction of sp³-hybridized carbons (Fsp3) is 0.133. The highest BCUT2D eigenvalue weighted by molar-refractivity contribution is 6.30. The van der Waals surface area contributed by atoms with E-state index in [0.29, 0.717) is 16.3 Å². The average molecular weight is 275 g/mol. The van der Waals surface area contributed by atoms with Gasteiger partial charge in [0.2, 0.25) is 0 Å². The number of anilines is 1. The van der Waals surface area contributed by atoms with Crippen LogP contribution >= 0.6 is 11.6 Å². The summed E-state index contributed by atoms with van der Waals surface area (Å²) >= 11 is 5.92. The van der Waals surface area contributed by atoms with E-state index in [4.69, 9.17) is 16.9 Å². The van der Waals surface area contributed by atoms with E-state index in [9.17, 15) is 4.39 Å². The molecule has 1 atom stereocenters. The number of hydrogen-bond acceptors (Lipinski definition) is 2. The van der Waals surface area contributed by atoms with Gasteiger partial charge in [0.25, 0.3) is 0 Å². The van der Waals surface area contributed by atoms with Crippen LogP contribution < -0.4 is 5.32 Å². The number of nitrogens with one attached hydrogen (secondary N) is 1. The van der Waals surface area contributed by atoms with Crippen molar-refractivity contribution >= 4 is 17.3 Å². The van der Waals surface area contributed by atoms with Gasteiger partial charge in [-0.15, -0.1) is 0 Å². The van der Waals surface area contributed by atoms with Crippen molar-refractivity contribution in [3.8, 4) is 6.07 Å². The van der Waals surface area contributed by atoms with Crippen LogP contribution in [0.25, 0.3) is 0 Å². The average Bonchev–Trinajstić information content (AvgIpc) is 2.39. The van der Waals surface area contributed by atoms with Gasteiger partial charge in [0.15, 0.2) is 0 Å². The SMILES string of the molecule is CC(Nc1cc(Cl)ccc1C#N)c1cccc(F)c1. The molecule has 0 aliphatic carbocycles. The summed E-state index contributed by atoms with van der Waals surface area (Å²) in [5.41, 5.74) is 1.96. The van der Waals surface area contributed by atoms with Gasteiger partial charge < -0.3 is 5.32 Å². The van der Waals surface area contributed by atoms with Crippen molar-refractivity contribution in [2.24, 2.45) is 0 Å². The van der Waals surface area contributed by atoms with Gasteiger partial charge in [-0.05, 0) is 42.8 Å². The van der Waals surface area contributed by atoms with E-state index in [0.717, 1.165) is 5.56 Å². The maximum Gasteiger partial charge on any atom is 0.123 e. The van der Waals surface area contributed by atoms with E-state index in [1.807, 2.05) is 13.0 Å². The Kier molecular flexibility index (Phi) is 4.03. The second-order valence-electron chi connectivity index (χ2n) is 4.22. The predicted octanol–water partition coefficient (Wildman–Crippen LogP) is 4.52. The molecule has 2 aromatic carbocycles. The lowest BCUT2D eigenvalue weighted by molar-refractivity contribution is 0.623. The zero-order valence-corrected chi connectivity index (χ0v) is 11.1. The molecule has 19 heavy (non-hydrogen) atoms. The van der Waals surface area contributed by atoms with E-state index in [-0.39, 0.29) is 11.9 Å². The van der Waals surface area contributed by atoms with Crippen LogP contribution in [0.3, 0.4) is 0 Å². The molecular weight excluding hydrogens is 263 g/mol. The molecule has 4 heteroatoms. The van der Waals surface area contributed by atoms with Crippen LogP contribution in [0, 0.1) is 17.1 Å². The highest BCUT2D eigenvalue weighted by Crippen LogP contribution is 2.25. The second kappa shape index (κ2) is 5.73. The molecule has 0 heterocycles. The van der Waals surface area contributed by atoms with Gasteiger partial charge >= 0.3 is 0 Å². The molecule has 2 rings (SSSR count). The largest absolute Gasteiger partial charge is 0.377 e. The lowest BCUT2D eigenvalue weighted by atomic mass is 10.1. The number of hydrogen-bond donors (Lipinski definition) is 1. The highest BCUT2D eigenvalue weighted by Gasteiger charge is 2.09. The summed E-state index contributed by atoms with van der Waals surface area (Å²) in [7, 11) is 0. The molecule has 0 fully saturated rings. The number of nitriles is 1. The molecule has 2 aromatic rings. The minimum Gasteiger partial charge on any atom is -0.377 e. The van der Waals surface area contributed by atoms with Crippen LogP contribution in [0.1, 0.15) is 24.1 Å². The molecule has 0 bridgehead atoms. The lowest BCUT2D eigenvalue weighted by Crippen LogP contribution is -2.08. The molecule has 0 radical (unpaired) electrons. The van der Waals surface area contributed by atoms with E-state index >= 15 is 0 Å². The van der Waals surface area contributed by atoms with E-state index < -0.39 is 0 Å². The van der Waals surface area contributed by atoms with Gasteiger partial charge in [-0.1, -0.05) is 23.7 Å². The van der Waals surface area contributed by atoms with Crippen molar-refractivity contribution < 1.29 is 4.39 Å². The standard InChI is InChI=1S/C15H12ClFN2/c1-10(11-3-2-4-14(17)7-11)19-15-8-13(16)6-5-12(15)9-18/h2-8,10,19H,1H3. The maximum atomic E-state index is 13.2. The molecular formula is C15H12ClFN2. The Morgan fingerprint density at radius 3 is 2.74 bits per heavy atom. The minimum atomic E-state index is -0.280. The summed E-state index contributed by atoms with van der Waals surface area (Å²) in [6.07, 6.45) is 0. The van der Waals surface area contributed by atoms with Crippen LogP contribution in [-0.2, 0) is 0 Å². The topological polar surface area (TPSA) is 35.8 Å².